The Bertz CT molecular complexity index is 619. The molecule has 1 aromatic carbocycles. The average Bonchev–Trinajstić information content (AvgIpc) is 2.55. The Hall–Kier alpha value is -1.95. The van der Waals surface area contributed by atoms with Gasteiger partial charge in [-0.25, -0.2) is 4.39 Å². The molecule has 3 atom stereocenters. The normalized spacial score (nSPS) is 21.6. The SMILES string of the molecule is CCC(OC1CCCC(C)C1)C(=O)Nc1ccc(CC(=O)O)c(F)c1. The lowest BCUT2D eigenvalue weighted by Crippen LogP contribution is -2.35. The number of hydrogen-bond acceptors (Lipinski definition) is 3. The number of ether oxygens (including phenoxy) is 1. The Morgan fingerprint density at radius 2 is 2.16 bits per heavy atom. The van der Waals surface area contributed by atoms with Gasteiger partial charge in [0.05, 0.1) is 12.5 Å². The van der Waals surface area contributed by atoms with E-state index in [4.69, 9.17) is 9.84 Å². The molecule has 1 fully saturated rings. The van der Waals surface area contributed by atoms with E-state index < -0.39 is 17.9 Å². The second-order valence-corrected chi connectivity index (χ2v) is 6.79. The van der Waals surface area contributed by atoms with Crippen LogP contribution in [0.2, 0.25) is 0 Å². The van der Waals surface area contributed by atoms with Gasteiger partial charge in [0, 0.05) is 5.69 Å². The first-order valence-electron chi connectivity index (χ1n) is 8.85. The standard InChI is InChI=1S/C19H26FNO4/c1-3-17(25-15-6-4-5-12(2)9-15)19(24)21-14-8-7-13(10-18(22)23)16(20)11-14/h7-8,11-12,15,17H,3-6,9-10H2,1-2H3,(H,21,24)(H,22,23). The molecule has 1 saturated carbocycles. The largest absolute Gasteiger partial charge is 0.481 e. The van der Waals surface area contributed by atoms with Gasteiger partial charge in [-0.1, -0.05) is 32.8 Å². The lowest BCUT2D eigenvalue weighted by molar-refractivity contribution is -0.136. The average molecular weight is 351 g/mol. The van der Waals surface area contributed by atoms with Gasteiger partial charge < -0.3 is 15.2 Å². The Balaban J connectivity index is 1.96. The molecule has 0 radical (unpaired) electrons. The molecule has 2 rings (SSSR count). The van der Waals surface area contributed by atoms with Gasteiger partial charge in [0.2, 0.25) is 0 Å². The minimum Gasteiger partial charge on any atom is -0.481 e. The molecule has 0 heterocycles. The fourth-order valence-electron chi connectivity index (χ4n) is 3.23. The van der Waals surface area contributed by atoms with E-state index in [1.165, 1.54) is 18.6 Å². The summed E-state index contributed by atoms with van der Waals surface area (Å²) in [4.78, 5) is 23.1. The van der Waals surface area contributed by atoms with Crippen molar-refractivity contribution in [2.75, 3.05) is 5.32 Å². The van der Waals surface area contributed by atoms with Gasteiger partial charge in [-0.15, -0.1) is 0 Å². The molecule has 1 aliphatic rings. The number of benzene rings is 1. The summed E-state index contributed by atoms with van der Waals surface area (Å²) < 4.78 is 19.9. The lowest BCUT2D eigenvalue weighted by atomic mass is 9.88. The summed E-state index contributed by atoms with van der Waals surface area (Å²) in [5, 5.41) is 11.4. The van der Waals surface area contributed by atoms with Crippen molar-refractivity contribution in [1.29, 1.82) is 0 Å². The number of aliphatic carboxylic acids is 1. The summed E-state index contributed by atoms with van der Waals surface area (Å²) in [5.74, 6) is -1.44. The van der Waals surface area contributed by atoms with Gasteiger partial charge in [-0.3, -0.25) is 9.59 Å². The molecular weight excluding hydrogens is 325 g/mol. The highest BCUT2D eigenvalue weighted by atomic mass is 19.1. The second-order valence-electron chi connectivity index (χ2n) is 6.79. The highest BCUT2D eigenvalue weighted by molar-refractivity contribution is 5.94. The van der Waals surface area contributed by atoms with Crippen molar-refractivity contribution in [2.24, 2.45) is 5.92 Å². The van der Waals surface area contributed by atoms with E-state index in [-0.39, 0.29) is 24.0 Å². The first kappa shape index (κ1) is 19.4. The predicted molar refractivity (Wildman–Crippen MR) is 93.0 cm³/mol. The molecule has 1 amide bonds. The van der Waals surface area contributed by atoms with Gasteiger partial charge >= 0.3 is 5.97 Å². The molecule has 0 spiro atoms. The third-order valence-corrected chi connectivity index (χ3v) is 4.57. The van der Waals surface area contributed by atoms with Crippen LogP contribution in [0.25, 0.3) is 0 Å². The third-order valence-electron chi connectivity index (χ3n) is 4.57. The number of carbonyl (C=O) groups is 2. The van der Waals surface area contributed by atoms with Crippen LogP contribution in [-0.2, 0) is 20.7 Å². The van der Waals surface area contributed by atoms with E-state index in [1.54, 1.807) is 0 Å². The number of carboxylic acid groups (broad SMARTS) is 1. The molecule has 1 aromatic rings. The smallest absolute Gasteiger partial charge is 0.307 e. The van der Waals surface area contributed by atoms with E-state index in [9.17, 15) is 14.0 Å². The maximum Gasteiger partial charge on any atom is 0.307 e. The Morgan fingerprint density at radius 1 is 1.40 bits per heavy atom. The minimum atomic E-state index is -1.10. The van der Waals surface area contributed by atoms with Gasteiger partial charge in [0.15, 0.2) is 0 Å². The molecule has 138 valence electrons. The van der Waals surface area contributed by atoms with Crippen molar-refractivity contribution in [3.8, 4) is 0 Å². The summed E-state index contributed by atoms with van der Waals surface area (Å²) in [6.07, 6.45) is 3.91. The molecule has 2 N–H and O–H groups in total. The number of rotatable bonds is 7. The van der Waals surface area contributed by atoms with Crippen LogP contribution in [-0.4, -0.2) is 29.2 Å². The number of anilines is 1. The molecule has 3 unspecified atom stereocenters. The van der Waals surface area contributed by atoms with E-state index in [1.807, 2.05) is 6.92 Å². The van der Waals surface area contributed by atoms with Gasteiger partial charge in [-0.05, 0) is 42.9 Å². The van der Waals surface area contributed by atoms with Crippen LogP contribution in [0.5, 0.6) is 0 Å². The quantitative estimate of drug-likeness (QED) is 0.784. The van der Waals surface area contributed by atoms with Crippen molar-refractivity contribution in [3.05, 3.63) is 29.6 Å². The Kier molecular flexibility index (Phi) is 6.93. The van der Waals surface area contributed by atoms with Gasteiger partial charge in [0.25, 0.3) is 5.91 Å². The summed E-state index contributed by atoms with van der Waals surface area (Å²) >= 11 is 0. The Labute approximate surface area is 147 Å². The van der Waals surface area contributed by atoms with E-state index in [0.29, 0.717) is 18.0 Å². The highest BCUT2D eigenvalue weighted by Gasteiger charge is 2.26. The van der Waals surface area contributed by atoms with E-state index >= 15 is 0 Å². The second kappa shape index (κ2) is 8.94. The van der Waals surface area contributed by atoms with Crippen molar-refractivity contribution in [1.82, 2.24) is 0 Å². The maximum absolute atomic E-state index is 13.9. The van der Waals surface area contributed by atoms with Crippen LogP contribution < -0.4 is 5.32 Å². The molecular formula is C19H26FNO4. The highest BCUT2D eigenvalue weighted by Crippen LogP contribution is 2.27. The monoisotopic (exact) mass is 351 g/mol. The van der Waals surface area contributed by atoms with E-state index in [0.717, 1.165) is 25.3 Å². The number of hydrogen-bond donors (Lipinski definition) is 2. The first-order valence-corrected chi connectivity index (χ1v) is 8.85. The summed E-state index contributed by atoms with van der Waals surface area (Å²) in [5.41, 5.74) is 0.390. The number of nitrogens with one attached hydrogen (secondary N) is 1. The zero-order valence-corrected chi connectivity index (χ0v) is 14.8. The van der Waals surface area contributed by atoms with E-state index in [2.05, 4.69) is 12.2 Å². The minimum absolute atomic E-state index is 0.0879. The van der Waals surface area contributed by atoms with Crippen molar-refractivity contribution < 1.29 is 23.8 Å². The molecule has 0 saturated heterocycles. The van der Waals surface area contributed by atoms with Crippen molar-refractivity contribution in [2.45, 2.75) is 64.6 Å². The molecule has 0 aromatic heterocycles. The van der Waals surface area contributed by atoms with Crippen LogP contribution in [0.3, 0.4) is 0 Å². The fourth-order valence-corrected chi connectivity index (χ4v) is 3.23. The van der Waals surface area contributed by atoms with Gasteiger partial charge in [0.1, 0.15) is 11.9 Å². The van der Waals surface area contributed by atoms with Crippen molar-refractivity contribution >= 4 is 17.6 Å². The number of carboxylic acids is 1. The number of carbonyl (C=O) groups excluding carboxylic acids is 1. The molecule has 0 aliphatic heterocycles. The molecule has 25 heavy (non-hydrogen) atoms. The molecule has 5 nitrogen and oxygen atoms in total. The molecule has 6 heteroatoms. The fraction of sp³-hybridized carbons (Fsp3) is 0.579. The third kappa shape index (κ3) is 5.81. The predicted octanol–water partition coefficient (Wildman–Crippen LogP) is 3.77. The number of amides is 1. The van der Waals surface area contributed by atoms with Crippen LogP contribution >= 0.6 is 0 Å². The summed E-state index contributed by atoms with van der Waals surface area (Å²) in [6, 6.07) is 4.03. The van der Waals surface area contributed by atoms with Crippen LogP contribution in [0.1, 0.15) is 51.5 Å². The van der Waals surface area contributed by atoms with Crippen molar-refractivity contribution in [3.63, 3.8) is 0 Å². The first-order chi connectivity index (χ1) is 11.9. The number of halogens is 1. The zero-order chi connectivity index (χ0) is 18.4. The van der Waals surface area contributed by atoms with Gasteiger partial charge in [-0.2, -0.15) is 0 Å². The maximum atomic E-state index is 13.9. The molecule has 0 bridgehead atoms. The zero-order valence-electron chi connectivity index (χ0n) is 14.8. The topological polar surface area (TPSA) is 75.6 Å². The Morgan fingerprint density at radius 3 is 2.76 bits per heavy atom. The van der Waals surface area contributed by atoms with Crippen LogP contribution in [0.4, 0.5) is 10.1 Å². The summed E-state index contributed by atoms with van der Waals surface area (Å²) in [6.45, 7) is 4.07. The van der Waals surface area contributed by atoms with Crippen LogP contribution in [0.15, 0.2) is 18.2 Å². The van der Waals surface area contributed by atoms with Crippen LogP contribution in [0, 0.1) is 11.7 Å². The summed E-state index contributed by atoms with van der Waals surface area (Å²) in [7, 11) is 0. The lowest BCUT2D eigenvalue weighted by Gasteiger charge is -2.29. The molecule has 1 aliphatic carbocycles.